The van der Waals surface area contributed by atoms with Crippen LogP contribution >= 0.6 is 0 Å². The first-order valence-corrected chi connectivity index (χ1v) is 7.91. The summed E-state index contributed by atoms with van der Waals surface area (Å²) in [5.74, 6) is -0.204. The smallest absolute Gasteiger partial charge is 0.232 e. The molecule has 2 N–H and O–H groups in total. The molecule has 0 saturated heterocycles. The topological polar surface area (TPSA) is 41.1 Å². The van der Waals surface area contributed by atoms with Crippen molar-refractivity contribution in [1.29, 1.82) is 0 Å². The predicted molar refractivity (Wildman–Crippen MR) is 90.9 cm³/mol. The van der Waals surface area contributed by atoms with Gasteiger partial charge >= 0.3 is 0 Å². The van der Waals surface area contributed by atoms with Crippen molar-refractivity contribution in [3.63, 3.8) is 0 Å². The molecule has 0 radical (unpaired) electrons. The van der Waals surface area contributed by atoms with Crippen LogP contribution in [-0.2, 0) is 4.79 Å². The van der Waals surface area contributed by atoms with Gasteiger partial charge in [0, 0.05) is 13.1 Å². The van der Waals surface area contributed by atoms with Crippen LogP contribution in [0.4, 0.5) is 0 Å². The Hall–Kier alpha value is -2.13. The number of rotatable bonds is 8. The number of carbonyl (C=O) groups is 1. The van der Waals surface area contributed by atoms with E-state index in [0.29, 0.717) is 6.54 Å². The Bertz CT molecular complexity index is 515. The van der Waals surface area contributed by atoms with Crippen molar-refractivity contribution in [3.8, 4) is 0 Å². The van der Waals surface area contributed by atoms with Crippen molar-refractivity contribution in [3.05, 3.63) is 71.8 Å². The first kappa shape index (κ1) is 16.2. The van der Waals surface area contributed by atoms with Gasteiger partial charge in [0.2, 0.25) is 5.91 Å². The lowest BCUT2D eigenvalue weighted by Gasteiger charge is -2.18. The molecule has 1 amide bonds. The second kappa shape index (κ2) is 9.00. The molecule has 2 rings (SSSR count). The summed E-state index contributed by atoms with van der Waals surface area (Å²) >= 11 is 0. The highest BCUT2D eigenvalue weighted by molar-refractivity contribution is 5.87. The fraction of sp³-hybridized carbons (Fsp3) is 0.316. The molecule has 3 nitrogen and oxygen atoms in total. The molecule has 0 atom stereocenters. The van der Waals surface area contributed by atoms with Crippen LogP contribution in [0.5, 0.6) is 0 Å². The quantitative estimate of drug-likeness (QED) is 0.735. The summed E-state index contributed by atoms with van der Waals surface area (Å²) in [4.78, 5) is 12.6. The predicted octanol–water partition coefficient (Wildman–Crippen LogP) is 2.93. The van der Waals surface area contributed by atoms with Gasteiger partial charge in [-0.15, -0.1) is 0 Å². The molecule has 0 aliphatic heterocycles. The van der Waals surface area contributed by atoms with Crippen molar-refractivity contribution in [2.24, 2.45) is 0 Å². The van der Waals surface area contributed by atoms with E-state index in [1.165, 1.54) is 0 Å². The maximum atomic E-state index is 12.6. The summed E-state index contributed by atoms with van der Waals surface area (Å²) in [6.45, 7) is 4.56. The van der Waals surface area contributed by atoms with E-state index in [1.807, 2.05) is 60.7 Å². The van der Waals surface area contributed by atoms with Gasteiger partial charge in [0.15, 0.2) is 0 Å². The van der Waals surface area contributed by atoms with Crippen LogP contribution in [0.1, 0.15) is 30.4 Å². The molecule has 0 unspecified atom stereocenters. The summed E-state index contributed by atoms with van der Waals surface area (Å²) in [5, 5.41) is 6.33. The standard InChI is InChI=1S/C19H24N2O/c1-2-13-20-14-15-21-19(22)18(16-9-5-3-6-10-16)17-11-7-4-8-12-17/h3-12,18,20H,2,13-15H2,1H3,(H,21,22). The van der Waals surface area contributed by atoms with Crippen molar-refractivity contribution in [2.75, 3.05) is 19.6 Å². The van der Waals surface area contributed by atoms with Crippen LogP contribution in [0.2, 0.25) is 0 Å². The summed E-state index contributed by atoms with van der Waals surface area (Å²) in [6.07, 6.45) is 1.10. The monoisotopic (exact) mass is 296 g/mol. The number of amides is 1. The molecule has 0 saturated carbocycles. The fourth-order valence-electron chi connectivity index (χ4n) is 2.46. The molecule has 0 bridgehead atoms. The van der Waals surface area contributed by atoms with Crippen molar-refractivity contribution in [2.45, 2.75) is 19.3 Å². The third kappa shape index (κ3) is 4.71. The lowest BCUT2D eigenvalue weighted by Crippen LogP contribution is -2.35. The molecule has 2 aromatic carbocycles. The molecule has 0 aliphatic carbocycles. The molecule has 0 heterocycles. The molecule has 22 heavy (non-hydrogen) atoms. The first-order chi connectivity index (χ1) is 10.8. The fourth-order valence-corrected chi connectivity index (χ4v) is 2.46. The molecule has 3 heteroatoms. The Balaban J connectivity index is 2.07. The van der Waals surface area contributed by atoms with Crippen molar-refractivity contribution >= 4 is 5.91 Å². The largest absolute Gasteiger partial charge is 0.354 e. The SMILES string of the molecule is CCCNCCNC(=O)C(c1ccccc1)c1ccccc1. The zero-order chi connectivity index (χ0) is 15.6. The minimum Gasteiger partial charge on any atom is -0.354 e. The highest BCUT2D eigenvalue weighted by atomic mass is 16.1. The van der Waals surface area contributed by atoms with E-state index >= 15 is 0 Å². The van der Waals surface area contributed by atoms with E-state index in [1.54, 1.807) is 0 Å². The van der Waals surface area contributed by atoms with E-state index in [0.717, 1.165) is 30.6 Å². The van der Waals surface area contributed by atoms with E-state index in [2.05, 4.69) is 17.6 Å². The first-order valence-electron chi connectivity index (χ1n) is 7.91. The summed E-state index contributed by atoms with van der Waals surface area (Å²) in [7, 11) is 0. The highest BCUT2D eigenvalue weighted by Gasteiger charge is 2.21. The number of nitrogens with one attached hydrogen (secondary N) is 2. The molecule has 116 valence electrons. The number of benzene rings is 2. The molecular formula is C19H24N2O. The van der Waals surface area contributed by atoms with Gasteiger partial charge in [0.25, 0.3) is 0 Å². The van der Waals surface area contributed by atoms with Crippen LogP contribution in [0, 0.1) is 0 Å². The molecule has 0 aromatic heterocycles. The Morgan fingerprint density at radius 2 is 1.41 bits per heavy atom. The Kier molecular flexibility index (Phi) is 6.65. The highest BCUT2D eigenvalue weighted by Crippen LogP contribution is 2.24. The van der Waals surface area contributed by atoms with Gasteiger partial charge in [0.1, 0.15) is 0 Å². The Labute approximate surface area is 132 Å². The van der Waals surface area contributed by atoms with E-state index in [9.17, 15) is 4.79 Å². The molecular weight excluding hydrogens is 272 g/mol. The van der Waals surface area contributed by atoms with Crippen LogP contribution in [0.3, 0.4) is 0 Å². The lowest BCUT2D eigenvalue weighted by atomic mass is 9.90. The second-order valence-electron chi connectivity index (χ2n) is 5.30. The Morgan fingerprint density at radius 3 is 1.91 bits per heavy atom. The number of carbonyl (C=O) groups excluding carboxylic acids is 1. The van der Waals surface area contributed by atoms with Crippen LogP contribution in [0.15, 0.2) is 60.7 Å². The average Bonchev–Trinajstić information content (AvgIpc) is 2.57. The third-order valence-electron chi connectivity index (χ3n) is 3.56. The average molecular weight is 296 g/mol. The lowest BCUT2D eigenvalue weighted by molar-refractivity contribution is -0.121. The Morgan fingerprint density at radius 1 is 0.864 bits per heavy atom. The van der Waals surface area contributed by atoms with Gasteiger partial charge in [-0.2, -0.15) is 0 Å². The number of hydrogen-bond donors (Lipinski definition) is 2. The second-order valence-corrected chi connectivity index (χ2v) is 5.30. The van der Waals surface area contributed by atoms with Gasteiger partial charge in [-0.25, -0.2) is 0 Å². The van der Waals surface area contributed by atoms with Crippen molar-refractivity contribution < 1.29 is 4.79 Å². The summed E-state index contributed by atoms with van der Waals surface area (Å²) < 4.78 is 0. The number of hydrogen-bond acceptors (Lipinski definition) is 2. The maximum absolute atomic E-state index is 12.6. The van der Waals surface area contributed by atoms with Gasteiger partial charge in [-0.3, -0.25) is 4.79 Å². The van der Waals surface area contributed by atoms with Gasteiger partial charge in [-0.1, -0.05) is 67.6 Å². The van der Waals surface area contributed by atoms with Crippen LogP contribution in [0.25, 0.3) is 0 Å². The van der Waals surface area contributed by atoms with Crippen LogP contribution in [-0.4, -0.2) is 25.5 Å². The molecule has 0 spiro atoms. The maximum Gasteiger partial charge on any atom is 0.232 e. The van der Waals surface area contributed by atoms with Gasteiger partial charge in [-0.05, 0) is 24.1 Å². The minimum absolute atomic E-state index is 0.0516. The van der Waals surface area contributed by atoms with Gasteiger partial charge in [0.05, 0.1) is 5.92 Å². The van der Waals surface area contributed by atoms with Crippen molar-refractivity contribution in [1.82, 2.24) is 10.6 Å². The van der Waals surface area contributed by atoms with Crippen LogP contribution < -0.4 is 10.6 Å². The van der Waals surface area contributed by atoms with E-state index < -0.39 is 0 Å². The van der Waals surface area contributed by atoms with E-state index in [-0.39, 0.29) is 11.8 Å². The minimum atomic E-state index is -0.256. The van der Waals surface area contributed by atoms with E-state index in [4.69, 9.17) is 0 Å². The molecule has 2 aromatic rings. The summed E-state index contributed by atoms with van der Waals surface area (Å²) in [6, 6.07) is 19.9. The zero-order valence-electron chi connectivity index (χ0n) is 13.1. The van der Waals surface area contributed by atoms with Gasteiger partial charge < -0.3 is 10.6 Å². The molecule has 0 fully saturated rings. The molecule has 0 aliphatic rings. The zero-order valence-corrected chi connectivity index (χ0v) is 13.1. The normalized spacial score (nSPS) is 10.6. The third-order valence-corrected chi connectivity index (χ3v) is 3.56. The summed E-state index contributed by atoms with van der Waals surface area (Å²) in [5.41, 5.74) is 2.04.